The van der Waals surface area contributed by atoms with Crippen LogP contribution in [0.25, 0.3) is 11.1 Å². The highest BCUT2D eigenvalue weighted by Gasteiger charge is 2.36. The van der Waals surface area contributed by atoms with E-state index in [2.05, 4.69) is 4.98 Å². The highest BCUT2D eigenvalue weighted by Crippen LogP contribution is 2.44. The molecule has 1 atom stereocenters. The number of ether oxygens (including phenoxy) is 1. The Kier molecular flexibility index (Phi) is 6.28. The van der Waals surface area contributed by atoms with Crippen LogP contribution in [0, 0.1) is 13.8 Å². The smallest absolute Gasteiger partial charge is 0.337 e. The number of hydrogen-bond acceptors (Lipinski definition) is 4. The first kappa shape index (κ1) is 23.6. The van der Waals surface area contributed by atoms with Crippen molar-refractivity contribution < 1.29 is 19.4 Å². The fraction of sp³-hybridized carbons (Fsp3) is 0.321. The van der Waals surface area contributed by atoms with E-state index in [-0.39, 0.29) is 5.91 Å². The van der Waals surface area contributed by atoms with Gasteiger partial charge in [0.1, 0.15) is 0 Å². The van der Waals surface area contributed by atoms with E-state index in [0.29, 0.717) is 24.1 Å². The van der Waals surface area contributed by atoms with Gasteiger partial charge in [-0.3, -0.25) is 9.78 Å². The zero-order valence-electron chi connectivity index (χ0n) is 20.3. The molecule has 34 heavy (non-hydrogen) atoms. The number of carbonyl (C=O) groups is 2. The molecule has 3 aromatic rings. The molecule has 0 bridgehead atoms. The van der Waals surface area contributed by atoms with Crippen molar-refractivity contribution >= 4 is 17.6 Å². The fourth-order valence-electron chi connectivity index (χ4n) is 4.53. The third kappa shape index (κ3) is 4.59. The summed E-state index contributed by atoms with van der Waals surface area (Å²) < 4.78 is 6.07. The van der Waals surface area contributed by atoms with Crippen molar-refractivity contribution in [2.24, 2.45) is 0 Å². The highest BCUT2D eigenvalue weighted by atomic mass is 16.5. The first-order valence-corrected chi connectivity index (χ1v) is 11.4. The average Bonchev–Trinajstić information content (AvgIpc) is 3.20. The largest absolute Gasteiger partial charge is 0.479 e. The van der Waals surface area contributed by atoms with E-state index < -0.39 is 17.7 Å². The minimum atomic E-state index is -1.13. The van der Waals surface area contributed by atoms with Crippen LogP contribution in [0.1, 0.15) is 59.5 Å². The van der Waals surface area contributed by atoms with Gasteiger partial charge in [-0.25, -0.2) is 4.79 Å². The molecule has 0 saturated carbocycles. The number of carboxylic acids is 1. The SMILES string of the molecule is Cc1ccc(-c2c3c(cc(C)c2[C@H](OC(C)(C)C)C(=O)O)N(C(=O)c2cccnc2)CC3)cc1. The Labute approximate surface area is 200 Å². The zero-order valence-corrected chi connectivity index (χ0v) is 20.3. The van der Waals surface area contributed by atoms with E-state index in [9.17, 15) is 14.7 Å². The molecule has 0 fully saturated rings. The number of aryl methyl sites for hydroxylation is 2. The van der Waals surface area contributed by atoms with Crippen molar-refractivity contribution in [2.75, 3.05) is 11.4 Å². The number of amides is 1. The number of carbonyl (C=O) groups excluding carboxylic acids is 1. The van der Waals surface area contributed by atoms with Gasteiger partial charge in [0, 0.05) is 30.2 Å². The molecule has 2 heterocycles. The second-order valence-electron chi connectivity index (χ2n) is 9.74. The van der Waals surface area contributed by atoms with Crippen molar-refractivity contribution in [1.29, 1.82) is 0 Å². The van der Waals surface area contributed by atoms with Crippen molar-refractivity contribution in [3.05, 3.63) is 82.7 Å². The summed E-state index contributed by atoms with van der Waals surface area (Å²) in [5, 5.41) is 10.2. The molecule has 0 unspecified atom stereocenters. The van der Waals surface area contributed by atoms with E-state index in [1.165, 1.54) is 0 Å². The van der Waals surface area contributed by atoms with Crippen LogP contribution in [0.2, 0.25) is 0 Å². The molecular formula is C28H30N2O4. The molecule has 0 aliphatic carbocycles. The number of hydrogen-bond donors (Lipinski definition) is 1. The third-order valence-electron chi connectivity index (χ3n) is 5.99. The Morgan fingerprint density at radius 2 is 1.82 bits per heavy atom. The van der Waals surface area contributed by atoms with Gasteiger partial charge in [-0.15, -0.1) is 0 Å². The quantitative estimate of drug-likeness (QED) is 0.545. The lowest BCUT2D eigenvalue weighted by molar-refractivity contribution is -0.160. The Balaban J connectivity index is 1.93. The lowest BCUT2D eigenvalue weighted by atomic mass is 9.86. The van der Waals surface area contributed by atoms with Gasteiger partial charge in [0.25, 0.3) is 5.91 Å². The molecule has 0 radical (unpaired) electrons. The first-order valence-electron chi connectivity index (χ1n) is 11.4. The third-order valence-corrected chi connectivity index (χ3v) is 5.99. The Bertz CT molecular complexity index is 1230. The van der Waals surface area contributed by atoms with Crippen LogP contribution in [0.5, 0.6) is 0 Å². The standard InChI is InChI=1S/C28H30N2O4/c1-17-8-10-19(11-9-17)24-21-12-14-30(26(31)20-7-6-13-29-16-20)22(21)15-18(2)23(24)25(27(32)33)34-28(3,4)5/h6-11,13,15-16,25H,12,14H2,1-5H3,(H,32,33)/t25-/m0/s1. The maximum absolute atomic E-state index is 13.3. The lowest BCUT2D eigenvalue weighted by Gasteiger charge is -2.29. The van der Waals surface area contributed by atoms with Crippen molar-refractivity contribution in [3.63, 3.8) is 0 Å². The summed E-state index contributed by atoms with van der Waals surface area (Å²) in [6.45, 7) is 9.98. The number of fused-ring (bicyclic) bond motifs is 1. The summed E-state index contributed by atoms with van der Waals surface area (Å²) in [6, 6.07) is 13.5. The molecule has 1 amide bonds. The topological polar surface area (TPSA) is 79.7 Å². The molecule has 6 heteroatoms. The van der Waals surface area contributed by atoms with E-state index in [4.69, 9.17) is 4.74 Å². The number of aromatic nitrogens is 1. The molecule has 1 aliphatic heterocycles. The number of carboxylic acid groups (broad SMARTS) is 1. The summed E-state index contributed by atoms with van der Waals surface area (Å²) in [5.41, 5.74) is 5.93. The van der Waals surface area contributed by atoms with Gasteiger partial charge < -0.3 is 14.7 Å². The van der Waals surface area contributed by atoms with Gasteiger partial charge in [0.05, 0.1) is 11.2 Å². The second kappa shape index (κ2) is 9.03. The van der Waals surface area contributed by atoms with Crippen molar-refractivity contribution in [2.45, 2.75) is 52.7 Å². The van der Waals surface area contributed by atoms with Gasteiger partial charge in [-0.2, -0.15) is 0 Å². The van der Waals surface area contributed by atoms with E-state index >= 15 is 0 Å². The Hall–Kier alpha value is -3.51. The maximum atomic E-state index is 13.3. The molecular weight excluding hydrogens is 428 g/mol. The Morgan fingerprint density at radius 1 is 1.12 bits per heavy atom. The number of pyridine rings is 1. The predicted molar refractivity (Wildman–Crippen MR) is 132 cm³/mol. The van der Waals surface area contributed by atoms with E-state index in [1.807, 2.05) is 65.0 Å². The molecule has 6 nitrogen and oxygen atoms in total. The summed E-state index contributed by atoms with van der Waals surface area (Å²) in [5.74, 6) is -1.15. The minimum Gasteiger partial charge on any atom is -0.479 e. The average molecular weight is 459 g/mol. The summed E-state index contributed by atoms with van der Waals surface area (Å²) in [7, 11) is 0. The van der Waals surface area contributed by atoms with Crippen molar-refractivity contribution in [3.8, 4) is 11.1 Å². The zero-order chi connectivity index (χ0) is 24.6. The molecule has 1 aromatic heterocycles. The summed E-state index contributed by atoms with van der Waals surface area (Å²) in [6.07, 6.45) is 2.70. The van der Waals surface area contributed by atoms with Crippen LogP contribution >= 0.6 is 0 Å². The summed E-state index contributed by atoms with van der Waals surface area (Å²) >= 11 is 0. The van der Waals surface area contributed by atoms with Gasteiger partial charge in [0.15, 0.2) is 6.10 Å². The monoisotopic (exact) mass is 458 g/mol. The maximum Gasteiger partial charge on any atom is 0.337 e. The number of nitrogens with zero attached hydrogens (tertiary/aromatic N) is 2. The van der Waals surface area contributed by atoms with Gasteiger partial charge in [0.2, 0.25) is 0 Å². The predicted octanol–water partition coefficient (Wildman–Crippen LogP) is 5.51. The van der Waals surface area contributed by atoms with Gasteiger partial charge in [-0.05, 0) is 81.5 Å². The van der Waals surface area contributed by atoms with Crippen LogP contribution in [0.3, 0.4) is 0 Å². The van der Waals surface area contributed by atoms with E-state index in [0.717, 1.165) is 33.5 Å². The molecule has 2 aromatic carbocycles. The lowest BCUT2D eigenvalue weighted by Crippen LogP contribution is -2.29. The number of benzene rings is 2. The molecule has 176 valence electrons. The van der Waals surface area contributed by atoms with E-state index in [1.54, 1.807) is 29.4 Å². The second-order valence-corrected chi connectivity index (χ2v) is 9.74. The normalized spacial score (nSPS) is 14.1. The Morgan fingerprint density at radius 3 is 2.41 bits per heavy atom. The molecule has 0 spiro atoms. The molecule has 1 aliphatic rings. The minimum absolute atomic E-state index is 0.116. The van der Waals surface area contributed by atoms with Crippen LogP contribution in [0.15, 0.2) is 54.9 Å². The van der Waals surface area contributed by atoms with Crippen LogP contribution in [-0.2, 0) is 16.0 Å². The first-order chi connectivity index (χ1) is 16.1. The highest BCUT2D eigenvalue weighted by molar-refractivity contribution is 6.08. The number of rotatable bonds is 5. The van der Waals surface area contributed by atoms with Gasteiger partial charge >= 0.3 is 5.97 Å². The molecule has 4 rings (SSSR count). The number of aliphatic carboxylic acids is 1. The van der Waals surface area contributed by atoms with Crippen LogP contribution in [-0.4, -0.2) is 34.1 Å². The molecule has 0 saturated heterocycles. The van der Waals surface area contributed by atoms with Crippen LogP contribution in [0.4, 0.5) is 5.69 Å². The number of anilines is 1. The van der Waals surface area contributed by atoms with Gasteiger partial charge in [-0.1, -0.05) is 29.8 Å². The molecule has 1 N–H and O–H groups in total. The summed E-state index contributed by atoms with van der Waals surface area (Å²) in [4.78, 5) is 31.6. The van der Waals surface area contributed by atoms with Crippen LogP contribution < -0.4 is 4.90 Å². The van der Waals surface area contributed by atoms with Crippen molar-refractivity contribution in [1.82, 2.24) is 4.98 Å². The fourth-order valence-corrected chi connectivity index (χ4v) is 4.53.